The number of nitrogens with one attached hydrogen (secondary N) is 2. The quantitative estimate of drug-likeness (QED) is 0.530. The molecule has 4 aromatic rings. The van der Waals surface area contributed by atoms with Crippen LogP contribution in [-0.2, 0) is 0 Å². The van der Waals surface area contributed by atoms with Crippen LogP contribution < -0.4 is 10.9 Å². The Balaban J connectivity index is 1.69. The zero-order chi connectivity index (χ0) is 18.8. The van der Waals surface area contributed by atoms with Gasteiger partial charge in [-0.3, -0.25) is 10.1 Å². The summed E-state index contributed by atoms with van der Waals surface area (Å²) in [5.74, 6) is 0.646. The second-order valence-corrected chi connectivity index (χ2v) is 7.70. The van der Waals surface area contributed by atoms with Crippen LogP contribution in [0.4, 0.5) is 0 Å². The topological polar surface area (TPSA) is 57.8 Å². The van der Waals surface area contributed by atoms with Crippen molar-refractivity contribution in [2.45, 2.75) is 25.9 Å². The van der Waals surface area contributed by atoms with E-state index in [9.17, 15) is 4.79 Å². The first-order valence-electron chi connectivity index (χ1n) is 8.97. The highest BCUT2D eigenvalue weighted by Crippen LogP contribution is 2.28. The van der Waals surface area contributed by atoms with Crippen molar-refractivity contribution >= 4 is 22.2 Å². The molecule has 0 aliphatic carbocycles. The molecule has 2 atom stereocenters. The van der Waals surface area contributed by atoms with Gasteiger partial charge in [-0.25, -0.2) is 4.98 Å². The first kappa shape index (κ1) is 17.6. The van der Waals surface area contributed by atoms with Gasteiger partial charge in [0.25, 0.3) is 5.56 Å². The second kappa shape index (κ2) is 7.47. The van der Waals surface area contributed by atoms with E-state index >= 15 is 0 Å². The van der Waals surface area contributed by atoms with Gasteiger partial charge < -0.3 is 4.98 Å². The summed E-state index contributed by atoms with van der Waals surface area (Å²) in [5.41, 5.74) is 3.04. The van der Waals surface area contributed by atoms with Gasteiger partial charge in [-0.1, -0.05) is 48.0 Å². The Morgan fingerprint density at radius 2 is 1.81 bits per heavy atom. The van der Waals surface area contributed by atoms with Crippen LogP contribution in [0.3, 0.4) is 0 Å². The molecule has 4 nitrogen and oxygen atoms in total. The Labute approximate surface area is 161 Å². The lowest BCUT2D eigenvalue weighted by molar-refractivity contribution is 0.500. The Bertz CT molecular complexity index is 1100. The lowest BCUT2D eigenvalue weighted by Gasteiger charge is -2.23. The number of hydrogen-bond donors (Lipinski definition) is 2. The highest BCUT2D eigenvalue weighted by atomic mass is 32.1. The smallest absolute Gasteiger partial charge is 0.258 e. The highest BCUT2D eigenvalue weighted by Gasteiger charge is 2.20. The Kier molecular flexibility index (Phi) is 4.88. The molecule has 2 heterocycles. The maximum atomic E-state index is 12.4. The molecule has 0 unspecified atom stereocenters. The van der Waals surface area contributed by atoms with Crippen molar-refractivity contribution in [2.75, 3.05) is 0 Å². The largest absolute Gasteiger partial charge is 0.309 e. The molecule has 2 N–H and O–H groups in total. The summed E-state index contributed by atoms with van der Waals surface area (Å²) in [4.78, 5) is 21.2. The van der Waals surface area contributed by atoms with Crippen molar-refractivity contribution in [1.29, 1.82) is 0 Å². The minimum absolute atomic E-state index is 0.0392. The van der Waals surface area contributed by atoms with Crippen molar-refractivity contribution < 1.29 is 0 Å². The molecule has 5 heteroatoms. The molecule has 0 amide bonds. The van der Waals surface area contributed by atoms with E-state index in [4.69, 9.17) is 0 Å². The van der Waals surface area contributed by atoms with Gasteiger partial charge >= 0.3 is 0 Å². The van der Waals surface area contributed by atoms with Crippen LogP contribution in [0.2, 0.25) is 0 Å². The van der Waals surface area contributed by atoms with Crippen molar-refractivity contribution in [2.24, 2.45) is 0 Å². The summed E-state index contributed by atoms with van der Waals surface area (Å²) < 4.78 is 0. The molecule has 27 heavy (non-hydrogen) atoms. The van der Waals surface area contributed by atoms with Crippen LogP contribution in [-0.4, -0.2) is 9.97 Å². The first-order valence-corrected chi connectivity index (χ1v) is 9.85. The van der Waals surface area contributed by atoms with Gasteiger partial charge in [0.15, 0.2) is 0 Å². The molecule has 0 spiro atoms. The third kappa shape index (κ3) is 3.70. The van der Waals surface area contributed by atoms with Crippen LogP contribution in [0.5, 0.6) is 0 Å². The van der Waals surface area contributed by atoms with Gasteiger partial charge in [0.05, 0.1) is 23.0 Å². The lowest BCUT2D eigenvalue weighted by atomic mass is 10.0. The van der Waals surface area contributed by atoms with Crippen LogP contribution >= 0.6 is 11.3 Å². The van der Waals surface area contributed by atoms with Crippen LogP contribution in [0.25, 0.3) is 10.9 Å². The summed E-state index contributed by atoms with van der Waals surface area (Å²) in [5, 5.41) is 6.34. The van der Waals surface area contributed by atoms with Gasteiger partial charge in [0, 0.05) is 4.88 Å². The number of hydrogen-bond acceptors (Lipinski definition) is 4. The predicted molar refractivity (Wildman–Crippen MR) is 111 cm³/mol. The maximum Gasteiger partial charge on any atom is 0.258 e. The summed E-state index contributed by atoms with van der Waals surface area (Å²) >= 11 is 1.72. The van der Waals surface area contributed by atoms with E-state index in [0.717, 1.165) is 0 Å². The average molecular weight is 375 g/mol. The maximum absolute atomic E-state index is 12.4. The van der Waals surface area contributed by atoms with E-state index in [-0.39, 0.29) is 17.6 Å². The SMILES string of the molecule is Cc1ccc([C@H](N[C@@H](C)c2nc3ccccc3c(=O)[nH]2)c2cccs2)cc1. The number of fused-ring (bicyclic) bond motifs is 1. The fraction of sp³-hybridized carbons (Fsp3) is 0.182. The monoisotopic (exact) mass is 375 g/mol. The second-order valence-electron chi connectivity index (χ2n) is 6.72. The van der Waals surface area contributed by atoms with Crippen molar-refractivity contribution in [1.82, 2.24) is 15.3 Å². The lowest BCUT2D eigenvalue weighted by Crippen LogP contribution is -2.28. The normalized spacial score (nSPS) is 13.6. The van der Waals surface area contributed by atoms with E-state index in [1.165, 1.54) is 16.0 Å². The number of rotatable bonds is 5. The molecule has 4 rings (SSSR count). The first-order chi connectivity index (χ1) is 13.1. The Morgan fingerprint density at radius 3 is 2.56 bits per heavy atom. The molecule has 136 valence electrons. The molecule has 0 saturated carbocycles. The molecule has 0 bridgehead atoms. The molecule has 0 saturated heterocycles. The number of benzene rings is 2. The molecule has 0 aliphatic rings. The zero-order valence-corrected chi connectivity index (χ0v) is 16.1. The molecular formula is C22H21N3OS. The number of thiophene rings is 1. The van der Waals surface area contributed by atoms with E-state index in [1.54, 1.807) is 17.4 Å². The molecular weight excluding hydrogens is 354 g/mol. The predicted octanol–water partition coefficient (Wildman–Crippen LogP) is 4.73. The number of aromatic amines is 1. The van der Waals surface area contributed by atoms with Crippen molar-refractivity contribution in [3.63, 3.8) is 0 Å². The summed E-state index contributed by atoms with van der Waals surface area (Å²) in [6.45, 7) is 4.12. The van der Waals surface area contributed by atoms with Gasteiger partial charge in [0.1, 0.15) is 5.82 Å². The fourth-order valence-corrected chi connectivity index (χ4v) is 4.01. The van der Waals surface area contributed by atoms with E-state index < -0.39 is 0 Å². The van der Waals surface area contributed by atoms with Crippen molar-refractivity contribution in [3.8, 4) is 0 Å². The third-order valence-electron chi connectivity index (χ3n) is 4.70. The van der Waals surface area contributed by atoms with Gasteiger partial charge in [-0.05, 0) is 43.0 Å². The number of aromatic nitrogens is 2. The standard InChI is InChI=1S/C22H21N3OS/c1-14-9-11-16(12-10-14)20(19-8-5-13-27-19)23-15(2)21-24-18-7-4-3-6-17(18)22(26)25-21/h3-13,15,20,23H,1-2H3,(H,24,25,26)/t15-,20-/m0/s1. The fourth-order valence-electron chi connectivity index (χ4n) is 3.20. The average Bonchev–Trinajstić information content (AvgIpc) is 3.21. The van der Waals surface area contributed by atoms with Gasteiger partial charge in [-0.15, -0.1) is 11.3 Å². The van der Waals surface area contributed by atoms with E-state index in [2.05, 4.69) is 64.0 Å². The van der Waals surface area contributed by atoms with Crippen LogP contribution in [0, 0.1) is 6.92 Å². The summed E-state index contributed by atoms with van der Waals surface area (Å²) in [6.07, 6.45) is 0. The van der Waals surface area contributed by atoms with Crippen LogP contribution in [0.1, 0.15) is 40.8 Å². The molecule has 2 aromatic carbocycles. The number of H-pyrrole nitrogens is 1. The molecule has 2 aromatic heterocycles. The Hall–Kier alpha value is -2.76. The zero-order valence-electron chi connectivity index (χ0n) is 15.3. The number of aryl methyl sites for hydroxylation is 1. The number of nitrogens with zero attached hydrogens (tertiary/aromatic N) is 1. The highest BCUT2D eigenvalue weighted by molar-refractivity contribution is 7.10. The van der Waals surface area contributed by atoms with Crippen molar-refractivity contribution in [3.05, 3.63) is 98.2 Å². The Morgan fingerprint density at radius 1 is 1.04 bits per heavy atom. The summed E-state index contributed by atoms with van der Waals surface area (Å²) in [6, 6.07) is 20.1. The minimum atomic E-state index is -0.115. The minimum Gasteiger partial charge on any atom is -0.309 e. The molecule has 0 radical (unpaired) electrons. The van der Waals surface area contributed by atoms with Gasteiger partial charge in [0.2, 0.25) is 0 Å². The van der Waals surface area contributed by atoms with E-state index in [0.29, 0.717) is 16.7 Å². The third-order valence-corrected chi connectivity index (χ3v) is 5.63. The molecule has 0 aliphatic heterocycles. The summed E-state index contributed by atoms with van der Waals surface area (Å²) in [7, 11) is 0. The molecule has 0 fully saturated rings. The van der Waals surface area contributed by atoms with Crippen LogP contribution in [0.15, 0.2) is 70.8 Å². The van der Waals surface area contributed by atoms with E-state index in [1.807, 2.05) is 25.1 Å². The van der Waals surface area contributed by atoms with Gasteiger partial charge in [-0.2, -0.15) is 0 Å². The number of para-hydroxylation sites is 1.